The fraction of sp³-hybridized carbons (Fsp3) is 0.444. The van der Waals surface area contributed by atoms with Crippen molar-refractivity contribution in [3.63, 3.8) is 0 Å². The topological polar surface area (TPSA) is 87.7 Å². The number of nitrogens with one attached hydrogen (secondary N) is 2. The van der Waals surface area contributed by atoms with Gasteiger partial charge in [-0.25, -0.2) is 0 Å². The van der Waals surface area contributed by atoms with Gasteiger partial charge in [0.2, 0.25) is 0 Å². The molecule has 6 nitrogen and oxygen atoms in total. The number of carboxylic acids is 1. The predicted molar refractivity (Wildman–Crippen MR) is 90.4 cm³/mol. The Morgan fingerprint density at radius 3 is 2.46 bits per heavy atom. The van der Waals surface area contributed by atoms with E-state index in [4.69, 9.17) is 4.74 Å². The van der Waals surface area contributed by atoms with Crippen molar-refractivity contribution in [2.75, 3.05) is 20.2 Å². The highest BCUT2D eigenvalue weighted by Crippen LogP contribution is 2.42. The SMILES string of the molecule is CCOC(=O)C1CNC(C)=C(NC)C1(C(=O)O)c1ccc(C)cc1. The summed E-state index contributed by atoms with van der Waals surface area (Å²) in [5.41, 5.74) is 1.25. The van der Waals surface area contributed by atoms with Crippen LogP contribution in [0.4, 0.5) is 0 Å². The van der Waals surface area contributed by atoms with Crippen molar-refractivity contribution < 1.29 is 19.4 Å². The lowest BCUT2D eigenvalue weighted by Gasteiger charge is -2.42. The Morgan fingerprint density at radius 2 is 1.96 bits per heavy atom. The number of carbonyl (C=O) groups is 2. The molecule has 0 bridgehead atoms. The number of likely N-dealkylation sites (N-methyl/N-ethyl adjacent to an activating group) is 1. The predicted octanol–water partition coefficient (Wildman–Crippen LogP) is 1.55. The van der Waals surface area contributed by atoms with Gasteiger partial charge in [0.15, 0.2) is 0 Å². The van der Waals surface area contributed by atoms with Gasteiger partial charge in [-0.2, -0.15) is 0 Å². The van der Waals surface area contributed by atoms with Gasteiger partial charge in [0.25, 0.3) is 0 Å². The van der Waals surface area contributed by atoms with Crippen LogP contribution in [0.1, 0.15) is 25.0 Å². The number of hydrogen-bond acceptors (Lipinski definition) is 5. The fourth-order valence-corrected chi connectivity index (χ4v) is 3.40. The Balaban J connectivity index is 2.75. The third kappa shape index (κ3) is 2.72. The van der Waals surface area contributed by atoms with Gasteiger partial charge in [0.1, 0.15) is 5.41 Å². The number of hydrogen-bond donors (Lipinski definition) is 3. The van der Waals surface area contributed by atoms with Crippen molar-refractivity contribution in [3.8, 4) is 0 Å². The van der Waals surface area contributed by atoms with Crippen molar-refractivity contribution in [1.29, 1.82) is 0 Å². The summed E-state index contributed by atoms with van der Waals surface area (Å²) < 4.78 is 5.17. The quantitative estimate of drug-likeness (QED) is 0.709. The Hall–Kier alpha value is -2.50. The normalized spacial score (nSPS) is 23.4. The van der Waals surface area contributed by atoms with Gasteiger partial charge in [0.05, 0.1) is 18.2 Å². The Morgan fingerprint density at radius 1 is 1.33 bits per heavy atom. The van der Waals surface area contributed by atoms with Crippen LogP contribution in [0.15, 0.2) is 35.7 Å². The molecule has 1 aromatic rings. The lowest BCUT2D eigenvalue weighted by Crippen LogP contribution is -2.58. The van der Waals surface area contributed by atoms with Crippen LogP contribution in [0.25, 0.3) is 0 Å². The fourth-order valence-electron chi connectivity index (χ4n) is 3.40. The maximum absolute atomic E-state index is 12.6. The van der Waals surface area contributed by atoms with E-state index in [9.17, 15) is 14.7 Å². The van der Waals surface area contributed by atoms with Crippen molar-refractivity contribution in [2.45, 2.75) is 26.2 Å². The summed E-state index contributed by atoms with van der Waals surface area (Å²) in [5, 5.41) is 16.3. The van der Waals surface area contributed by atoms with E-state index in [1.807, 2.05) is 19.1 Å². The molecule has 0 spiro atoms. The zero-order chi connectivity index (χ0) is 17.9. The minimum absolute atomic E-state index is 0.204. The zero-order valence-corrected chi connectivity index (χ0v) is 14.5. The number of esters is 1. The Kier molecular flexibility index (Phi) is 5.17. The van der Waals surface area contributed by atoms with Crippen molar-refractivity contribution in [2.24, 2.45) is 5.92 Å². The standard InChI is InChI=1S/C18H24N2O4/c1-5-24-16(21)14-10-20-12(3)15(19-4)18(14,17(22)23)13-8-6-11(2)7-9-13/h6-9,14,19-20H,5,10H2,1-4H3,(H,22,23). The van der Waals surface area contributed by atoms with E-state index in [0.29, 0.717) is 17.0 Å². The first-order valence-electron chi connectivity index (χ1n) is 7.99. The third-order valence-electron chi connectivity index (χ3n) is 4.53. The maximum atomic E-state index is 12.6. The minimum Gasteiger partial charge on any atom is -0.480 e. The van der Waals surface area contributed by atoms with Crippen LogP contribution in [-0.4, -0.2) is 37.2 Å². The first-order valence-corrected chi connectivity index (χ1v) is 7.99. The van der Waals surface area contributed by atoms with Crippen LogP contribution < -0.4 is 10.6 Å². The molecule has 2 atom stereocenters. The molecule has 1 aliphatic rings. The van der Waals surface area contributed by atoms with Crippen LogP contribution >= 0.6 is 0 Å². The first kappa shape index (κ1) is 17.8. The van der Waals surface area contributed by atoms with E-state index in [2.05, 4.69) is 10.6 Å². The van der Waals surface area contributed by atoms with Crippen LogP contribution in [0.5, 0.6) is 0 Å². The third-order valence-corrected chi connectivity index (χ3v) is 4.53. The van der Waals surface area contributed by atoms with Crippen molar-refractivity contribution in [3.05, 3.63) is 46.8 Å². The number of carbonyl (C=O) groups excluding carboxylic acids is 1. The Bertz CT molecular complexity index is 666. The summed E-state index contributed by atoms with van der Waals surface area (Å²) in [7, 11) is 1.67. The molecule has 3 N–H and O–H groups in total. The van der Waals surface area contributed by atoms with Crippen molar-refractivity contribution >= 4 is 11.9 Å². The smallest absolute Gasteiger partial charge is 0.321 e. The average molecular weight is 332 g/mol. The van der Waals surface area contributed by atoms with E-state index < -0.39 is 23.3 Å². The molecule has 1 heterocycles. The first-order chi connectivity index (χ1) is 11.4. The summed E-state index contributed by atoms with van der Waals surface area (Å²) in [6, 6.07) is 7.25. The summed E-state index contributed by atoms with van der Waals surface area (Å²) in [5.74, 6) is -2.47. The highest BCUT2D eigenvalue weighted by atomic mass is 16.5. The largest absolute Gasteiger partial charge is 0.480 e. The Labute approximate surface area is 141 Å². The summed E-state index contributed by atoms with van der Waals surface area (Å²) >= 11 is 0. The van der Waals surface area contributed by atoms with E-state index in [1.165, 1.54) is 0 Å². The number of ether oxygens (including phenoxy) is 1. The molecule has 1 aromatic carbocycles. The summed E-state index contributed by atoms with van der Waals surface area (Å²) in [6.07, 6.45) is 0. The molecule has 1 aliphatic heterocycles. The second-order valence-electron chi connectivity index (χ2n) is 5.91. The van der Waals surface area contributed by atoms with Gasteiger partial charge in [-0.15, -0.1) is 0 Å². The molecule has 0 amide bonds. The van der Waals surface area contributed by atoms with Gasteiger partial charge in [-0.3, -0.25) is 9.59 Å². The molecule has 24 heavy (non-hydrogen) atoms. The van der Waals surface area contributed by atoms with E-state index in [-0.39, 0.29) is 13.2 Å². The molecule has 0 fully saturated rings. The van der Waals surface area contributed by atoms with E-state index >= 15 is 0 Å². The van der Waals surface area contributed by atoms with Crippen LogP contribution in [0.3, 0.4) is 0 Å². The van der Waals surface area contributed by atoms with Crippen molar-refractivity contribution in [1.82, 2.24) is 10.6 Å². The summed E-state index contributed by atoms with van der Waals surface area (Å²) in [6.45, 7) is 5.86. The number of rotatable bonds is 5. The number of carboxylic acid groups (broad SMARTS) is 1. The molecular formula is C18H24N2O4. The van der Waals surface area contributed by atoms with Gasteiger partial charge in [-0.1, -0.05) is 29.8 Å². The molecular weight excluding hydrogens is 308 g/mol. The van der Waals surface area contributed by atoms with Gasteiger partial charge in [0, 0.05) is 19.3 Å². The van der Waals surface area contributed by atoms with E-state index in [1.54, 1.807) is 33.0 Å². The molecule has 0 saturated heterocycles. The van der Waals surface area contributed by atoms with Gasteiger partial charge < -0.3 is 20.5 Å². The highest BCUT2D eigenvalue weighted by molar-refractivity contribution is 5.93. The second kappa shape index (κ2) is 6.95. The molecule has 6 heteroatoms. The number of aryl methyl sites for hydroxylation is 1. The van der Waals surface area contributed by atoms with Crippen LogP contribution in [0.2, 0.25) is 0 Å². The maximum Gasteiger partial charge on any atom is 0.321 e. The number of allylic oxidation sites excluding steroid dienone is 1. The monoisotopic (exact) mass is 332 g/mol. The lowest BCUT2D eigenvalue weighted by atomic mass is 9.65. The molecule has 0 aromatic heterocycles. The molecule has 130 valence electrons. The molecule has 0 aliphatic carbocycles. The lowest BCUT2D eigenvalue weighted by molar-refractivity contribution is -0.158. The van der Waals surface area contributed by atoms with E-state index in [0.717, 1.165) is 5.56 Å². The van der Waals surface area contributed by atoms with Gasteiger partial charge >= 0.3 is 11.9 Å². The average Bonchev–Trinajstić information content (AvgIpc) is 2.54. The molecule has 0 radical (unpaired) electrons. The molecule has 2 unspecified atom stereocenters. The van der Waals surface area contributed by atoms with Gasteiger partial charge in [-0.05, 0) is 26.3 Å². The minimum atomic E-state index is -1.51. The zero-order valence-electron chi connectivity index (χ0n) is 14.5. The molecule has 0 saturated carbocycles. The van der Waals surface area contributed by atoms with Crippen LogP contribution in [0, 0.1) is 12.8 Å². The number of aliphatic carboxylic acids is 1. The number of benzene rings is 1. The molecule has 2 rings (SSSR count). The summed E-state index contributed by atoms with van der Waals surface area (Å²) in [4.78, 5) is 25.0. The van der Waals surface area contributed by atoms with Crippen LogP contribution in [-0.2, 0) is 19.7 Å². The second-order valence-corrected chi connectivity index (χ2v) is 5.91. The highest BCUT2D eigenvalue weighted by Gasteiger charge is 2.56.